The Hall–Kier alpha value is -1.12. The van der Waals surface area contributed by atoms with Crippen molar-refractivity contribution in [2.75, 3.05) is 6.54 Å². The minimum atomic E-state index is -0.719. The Bertz CT molecular complexity index is 371. The van der Waals surface area contributed by atoms with E-state index in [9.17, 15) is 4.79 Å². The average Bonchev–Trinajstić information content (AvgIpc) is 2.88. The molecule has 3 heteroatoms. The van der Waals surface area contributed by atoms with Crippen molar-refractivity contribution >= 4 is 12.2 Å². The first kappa shape index (κ1) is 13.3. The number of aliphatic carboxylic acids is 1. The second kappa shape index (κ2) is 5.68. The van der Waals surface area contributed by atoms with E-state index in [0.29, 0.717) is 0 Å². The molecule has 1 aliphatic carbocycles. The number of carboxylic acids is 1. The molecule has 1 N–H and O–H groups in total. The van der Waals surface area contributed by atoms with Gasteiger partial charge in [-0.3, -0.25) is 4.79 Å². The summed E-state index contributed by atoms with van der Waals surface area (Å²) in [6.07, 6.45) is 10.4. The maximum Gasteiger partial charge on any atom is 0.304 e. The first-order valence-electron chi connectivity index (χ1n) is 7.05. The van der Waals surface area contributed by atoms with E-state index in [1.54, 1.807) is 0 Å². The predicted octanol–water partition coefficient (Wildman–Crippen LogP) is 2.76. The van der Waals surface area contributed by atoms with Crippen molar-refractivity contribution in [1.82, 2.24) is 0 Å². The number of nitrogens with zero attached hydrogens (tertiary/aromatic N) is 1. The molecule has 3 nitrogen and oxygen atoms in total. The van der Waals surface area contributed by atoms with Crippen molar-refractivity contribution in [3.05, 3.63) is 12.3 Å². The van der Waals surface area contributed by atoms with Crippen LogP contribution in [0.5, 0.6) is 0 Å². The van der Waals surface area contributed by atoms with Crippen LogP contribution in [0.1, 0.15) is 39.5 Å². The smallest absolute Gasteiger partial charge is 0.304 e. The van der Waals surface area contributed by atoms with Gasteiger partial charge >= 0.3 is 5.97 Å². The molecular weight excluding hydrogens is 226 g/mol. The summed E-state index contributed by atoms with van der Waals surface area (Å²) < 4.78 is 2.20. The fourth-order valence-electron chi connectivity index (χ4n) is 3.19. The maximum absolute atomic E-state index is 10.7. The second-order valence-electron chi connectivity index (χ2n) is 6.13. The predicted molar refractivity (Wildman–Crippen MR) is 71.7 cm³/mol. The van der Waals surface area contributed by atoms with Crippen LogP contribution in [-0.2, 0) is 4.79 Å². The highest BCUT2D eigenvalue weighted by atomic mass is 16.4. The molecule has 0 aromatic heterocycles. The lowest BCUT2D eigenvalue weighted by molar-refractivity contribution is -0.458. The molecule has 0 bridgehead atoms. The van der Waals surface area contributed by atoms with E-state index in [1.807, 2.05) is 6.08 Å². The standard InChI is InChI=1S/C15H23NO2/c1-11(2)14-4-3-12(7-14)9-16-6-5-13(10-16)8-15(17)18/h5-6,10-14H,3-4,7-9H2,1-2H3/p+1. The lowest BCUT2D eigenvalue weighted by Crippen LogP contribution is -2.16. The van der Waals surface area contributed by atoms with E-state index in [-0.39, 0.29) is 12.3 Å². The Morgan fingerprint density at radius 3 is 2.83 bits per heavy atom. The molecule has 1 aliphatic heterocycles. The highest BCUT2D eigenvalue weighted by molar-refractivity contribution is 5.73. The summed E-state index contributed by atoms with van der Waals surface area (Å²) in [6.45, 7) is 5.70. The van der Waals surface area contributed by atoms with E-state index in [1.165, 1.54) is 19.3 Å². The third-order valence-corrected chi connectivity index (χ3v) is 4.31. The second-order valence-corrected chi connectivity index (χ2v) is 6.13. The van der Waals surface area contributed by atoms with E-state index < -0.39 is 5.97 Å². The van der Waals surface area contributed by atoms with Crippen molar-refractivity contribution < 1.29 is 14.5 Å². The zero-order valence-electron chi connectivity index (χ0n) is 11.4. The van der Waals surface area contributed by atoms with Gasteiger partial charge in [0.2, 0.25) is 0 Å². The van der Waals surface area contributed by atoms with Gasteiger partial charge in [0.1, 0.15) is 0 Å². The monoisotopic (exact) mass is 250 g/mol. The Morgan fingerprint density at radius 1 is 1.44 bits per heavy atom. The van der Waals surface area contributed by atoms with E-state index >= 15 is 0 Å². The van der Waals surface area contributed by atoms with Gasteiger partial charge in [0.25, 0.3) is 0 Å². The summed E-state index contributed by atoms with van der Waals surface area (Å²) in [4.78, 5) is 10.7. The Balaban J connectivity index is 1.81. The van der Waals surface area contributed by atoms with Crippen LogP contribution in [0.25, 0.3) is 0 Å². The van der Waals surface area contributed by atoms with Crippen molar-refractivity contribution in [2.45, 2.75) is 39.5 Å². The highest BCUT2D eigenvalue weighted by Crippen LogP contribution is 2.35. The van der Waals surface area contributed by atoms with Crippen molar-refractivity contribution in [3.63, 3.8) is 0 Å². The van der Waals surface area contributed by atoms with Gasteiger partial charge in [-0.1, -0.05) is 13.8 Å². The fraction of sp³-hybridized carbons (Fsp3) is 0.733. The first-order chi connectivity index (χ1) is 8.54. The van der Waals surface area contributed by atoms with Crippen molar-refractivity contribution in [3.8, 4) is 0 Å². The quantitative estimate of drug-likeness (QED) is 0.762. The summed E-state index contributed by atoms with van der Waals surface area (Å²) in [5, 5.41) is 8.77. The normalized spacial score (nSPS) is 31.1. The Kier molecular flexibility index (Phi) is 4.20. The number of allylic oxidation sites excluding steroid dienone is 1. The van der Waals surface area contributed by atoms with Crippen LogP contribution in [0.3, 0.4) is 0 Å². The molecule has 1 fully saturated rings. The molecule has 0 spiro atoms. The average molecular weight is 250 g/mol. The molecule has 0 aromatic carbocycles. The van der Waals surface area contributed by atoms with Gasteiger partial charge in [-0.2, -0.15) is 0 Å². The number of carboxylic acid groups (broad SMARTS) is 1. The molecule has 2 aliphatic rings. The summed E-state index contributed by atoms with van der Waals surface area (Å²) in [5.41, 5.74) is 0. The van der Waals surface area contributed by atoms with Crippen molar-refractivity contribution in [1.29, 1.82) is 0 Å². The highest BCUT2D eigenvalue weighted by Gasteiger charge is 2.30. The van der Waals surface area contributed by atoms with Gasteiger partial charge in [-0.05, 0) is 37.2 Å². The van der Waals surface area contributed by atoms with Crippen LogP contribution in [-0.4, -0.2) is 28.4 Å². The third kappa shape index (κ3) is 3.44. The van der Waals surface area contributed by atoms with Gasteiger partial charge in [-0.15, -0.1) is 0 Å². The van der Waals surface area contributed by atoms with Crippen LogP contribution in [0.2, 0.25) is 0 Å². The number of hydrogen-bond donors (Lipinski definition) is 1. The summed E-state index contributed by atoms with van der Waals surface area (Å²) >= 11 is 0. The zero-order valence-corrected chi connectivity index (χ0v) is 11.4. The minimum Gasteiger partial charge on any atom is -0.481 e. The van der Waals surface area contributed by atoms with E-state index in [0.717, 1.165) is 24.3 Å². The third-order valence-electron chi connectivity index (χ3n) is 4.31. The molecule has 1 heterocycles. The van der Waals surface area contributed by atoms with Gasteiger partial charge in [0.15, 0.2) is 19.0 Å². The lowest BCUT2D eigenvalue weighted by atomic mass is 9.93. The molecule has 3 unspecified atom stereocenters. The molecule has 3 atom stereocenters. The molecule has 2 rings (SSSR count). The molecule has 18 heavy (non-hydrogen) atoms. The lowest BCUT2D eigenvalue weighted by Gasteiger charge is -2.13. The molecule has 0 radical (unpaired) electrons. The number of hydrogen-bond acceptors (Lipinski definition) is 1. The van der Waals surface area contributed by atoms with Crippen molar-refractivity contribution in [2.24, 2.45) is 23.7 Å². The fourth-order valence-corrected chi connectivity index (χ4v) is 3.19. The van der Waals surface area contributed by atoms with Gasteiger partial charge in [-0.25, -0.2) is 4.58 Å². The summed E-state index contributed by atoms with van der Waals surface area (Å²) in [5.74, 6) is 1.83. The largest absolute Gasteiger partial charge is 0.481 e. The summed E-state index contributed by atoms with van der Waals surface area (Å²) in [7, 11) is 0. The molecular formula is C15H24NO2+. The molecule has 0 aromatic rings. The Labute approximate surface area is 109 Å². The Morgan fingerprint density at radius 2 is 2.22 bits per heavy atom. The summed E-state index contributed by atoms with van der Waals surface area (Å²) in [6, 6.07) is 0. The van der Waals surface area contributed by atoms with Gasteiger partial charge in [0.05, 0.1) is 12.3 Å². The zero-order chi connectivity index (χ0) is 13.1. The minimum absolute atomic E-state index is 0.0878. The van der Waals surface area contributed by atoms with E-state index in [4.69, 9.17) is 5.11 Å². The van der Waals surface area contributed by atoms with E-state index in [2.05, 4.69) is 30.8 Å². The molecule has 1 saturated carbocycles. The number of carbonyl (C=O) groups is 1. The topological polar surface area (TPSA) is 40.3 Å². The number of rotatable bonds is 5. The van der Waals surface area contributed by atoms with Gasteiger partial charge in [0, 0.05) is 5.92 Å². The SMILES string of the molecule is CC(C)C1CCC(C[N+]2=CC(CC(=O)O)C=C2)C1. The first-order valence-corrected chi connectivity index (χ1v) is 7.05. The van der Waals surface area contributed by atoms with Gasteiger partial charge < -0.3 is 5.11 Å². The van der Waals surface area contributed by atoms with Crippen LogP contribution in [0.15, 0.2) is 12.3 Å². The molecule has 0 amide bonds. The van der Waals surface area contributed by atoms with Crippen LogP contribution >= 0.6 is 0 Å². The molecule has 0 saturated heterocycles. The maximum atomic E-state index is 10.7. The van der Waals surface area contributed by atoms with Crippen LogP contribution in [0.4, 0.5) is 0 Å². The van der Waals surface area contributed by atoms with Crippen LogP contribution < -0.4 is 0 Å². The molecule has 100 valence electrons. The van der Waals surface area contributed by atoms with Crippen LogP contribution in [0, 0.1) is 23.7 Å².